The number of fused-ring (bicyclic) bond motifs is 1. The Morgan fingerprint density at radius 1 is 1.12 bits per heavy atom. The molecule has 0 amide bonds. The molecule has 0 unspecified atom stereocenters. The highest BCUT2D eigenvalue weighted by molar-refractivity contribution is 6.30. The fourth-order valence-corrected chi connectivity index (χ4v) is 3.36. The summed E-state index contributed by atoms with van der Waals surface area (Å²) in [6.07, 6.45) is 5.75. The largest absolute Gasteiger partial charge is 0.316 e. The summed E-state index contributed by atoms with van der Waals surface area (Å²) < 4.78 is 2.16. The van der Waals surface area contributed by atoms with Gasteiger partial charge in [0.15, 0.2) is 0 Å². The van der Waals surface area contributed by atoms with Gasteiger partial charge in [-0.2, -0.15) is 0 Å². The molecule has 0 saturated heterocycles. The fraction of sp³-hybridized carbons (Fsp3) is 0.350. The molecule has 3 nitrogen and oxygen atoms in total. The number of hydrogen-bond acceptors (Lipinski definition) is 2. The van der Waals surface area contributed by atoms with Crippen molar-refractivity contribution in [3.05, 3.63) is 53.3 Å². The zero-order valence-corrected chi connectivity index (χ0v) is 15.4. The van der Waals surface area contributed by atoms with Gasteiger partial charge in [-0.05, 0) is 38.5 Å². The van der Waals surface area contributed by atoms with Gasteiger partial charge in [0.05, 0.1) is 5.69 Å². The molecule has 2 heterocycles. The Bertz CT molecular complexity index is 784. The summed E-state index contributed by atoms with van der Waals surface area (Å²) in [5.41, 5.74) is 5.36. The van der Waals surface area contributed by atoms with Crippen LogP contribution >= 0.6 is 11.6 Å². The number of benzene rings is 1. The molecule has 1 aliphatic rings. The number of anilines is 1. The minimum Gasteiger partial charge on any atom is -0.316 e. The van der Waals surface area contributed by atoms with Crippen molar-refractivity contribution in [2.24, 2.45) is 0 Å². The fourth-order valence-electron chi connectivity index (χ4n) is 3.23. The number of nitrogens with zero attached hydrogens (tertiary/aromatic N) is 3. The lowest BCUT2D eigenvalue weighted by Gasteiger charge is -2.30. The van der Waals surface area contributed by atoms with E-state index in [0.717, 1.165) is 46.6 Å². The van der Waals surface area contributed by atoms with Crippen molar-refractivity contribution in [1.82, 2.24) is 9.55 Å². The second-order valence-electron chi connectivity index (χ2n) is 6.32. The third-order valence-electron chi connectivity index (χ3n) is 4.52. The van der Waals surface area contributed by atoms with Gasteiger partial charge in [-0.3, -0.25) is 4.57 Å². The molecular formula is C20H24ClN3. The third-order valence-corrected chi connectivity index (χ3v) is 4.77. The molecule has 0 atom stereocenters. The molecule has 0 fully saturated rings. The van der Waals surface area contributed by atoms with Gasteiger partial charge >= 0.3 is 0 Å². The molecule has 1 aromatic carbocycles. The summed E-state index contributed by atoms with van der Waals surface area (Å²) in [5.74, 6) is 0.971. The van der Waals surface area contributed by atoms with Crippen LogP contribution in [0.25, 0.3) is 17.0 Å². The zero-order valence-electron chi connectivity index (χ0n) is 14.6. The number of unbranched alkanes of at least 4 members (excludes halogenated alkanes) is 2. The molecule has 2 aromatic rings. The lowest BCUT2D eigenvalue weighted by molar-refractivity contribution is 0.690. The first kappa shape index (κ1) is 16.8. The van der Waals surface area contributed by atoms with Crippen molar-refractivity contribution < 1.29 is 0 Å². The maximum atomic E-state index is 6.02. The van der Waals surface area contributed by atoms with Crippen molar-refractivity contribution in [2.45, 2.75) is 40.0 Å². The van der Waals surface area contributed by atoms with E-state index in [2.05, 4.69) is 42.9 Å². The Kier molecular flexibility index (Phi) is 4.81. The molecule has 1 aliphatic heterocycles. The summed E-state index contributed by atoms with van der Waals surface area (Å²) in [7, 11) is 0. The van der Waals surface area contributed by atoms with Crippen LogP contribution < -0.4 is 4.90 Å². The normalized spacial score (nSPS) is 13.9. The van der Waals surface area contributed by atoms with E-state index in [1.807, 2.05) is 24.3 Å². The molecule has 0 radical (unpaired) electrons. The lowest BCUT2D eigenvalue weighted by atomic mass is 10.1. The molecule has 1 aromatic heterocycles. The number of imidazole rings is 1. The molecule has 0 spiro atoms. The third kappa shape index (κ3) is 3.01. The van der Waals surface area contributed by atoms with Crippen molar-refractivity contribution in [1.29, 1.82) is 0 Å². The number of aromatic nitrogens is 2. The Hall–Kier alpha value is -2.00. The van der Waals surface area contributed by atoms with Crippen LogP contribution in [-0.2, 0) is 0 Å². The van der Waals surface area contributed by atoms with Gasteiger partial charge in [-0.1, -0.05) is 50.1 Å². The second kappa shape index (κ2) is 6.86. The highest BCUT2D eigenvalue weighted by atomic mass is 35.5. The molecule has 0 aliphatic carbocycles. The summed E-state index contributed by atoms with van der Waals surface area (Å²) >= 11 is 6.02. The summed E-state index contributed by atoms with van der Waals surface area (Å²) in [5, 5.41) is 0.739. The number of allylic oxidation sites excluding steroid dienone is 3. The Balaban J connectivity index is 2.03. The molecule has 0 bridgehead atoms. The number of halogens is 1. The van der Waals surface area contributed by atoms with E-state index >= 15 is 0 Å². The molecule has 24 heavy (non-hydrogen) atoms. The van der Waals surface area contributed by atoms with Crippen LogP contribution in [0.2, 0.25) is 5.02 Å². The minimum atomic E-state index is 0.739. The SMILES string of the molecule is C=C1C=C(C)N(CCCCC)c2nc(-c3ccc(Cl)cc3)c(C)n21. The molecule has 0 N–H and O–H groups in total. The molecule has 0 saturated carbocycles. The molecule has 4 heteroatoms. The van der Waals surface area contributed by atoms with Crippen LogP contribution in [0, 0.1) is 6.92 Å². The predicted molar refractivity (Wildman–Crippen MR) is 103 cm³/mol. The van der Waals surface area contributed by atoms with Crippen LogP contribution in [0.15, 0.2) is 42.6 Å². The van der Waals surface area contributed by atoms with Gasteiger partial charge in [0.2, 0.25) is 5.95 Å². The lowest BCUT2D eigenvalue weighted by Crippen LogP contribution is -2.28. The average Bonchev–Trinajstić information content (AvgIpc) is 2.89. The van der Waals surface area contributed by atoms with E-state index in [-0.39, 0.29) is 0 Å². The highest BCUT2D eigenvalue weighted by Gasteiger charge is 2.25. The van der Waals surface area contributed by atoms with Gasteiger partial charge in [-0.15, -0.1) is 0 Å². The van der Waals surface area contributed by atoms with Crippen LogP contribution in [0.5, 0.6) is 0 Å². The Labute approximate surface area is 149 Å². The van der Waals surface area contributed by atoms with Crippen LogP contribution in [0.3, 0.4) is 0 Å². The predicted octanol–water partition coefficient (Wildman–Crippen LogP) is 5.90. The van der Waals surface area contributed by atoms with Crippen molar-refractivity contribution >= 4 is 23.2 Å². The Morgan fingerprint density at radius 2 is 1.83 bits per heavy atom. The van der Waals surface area contributed by atoms with Crippen LogP contribution in [0.4, 0.5) is 5.95 Å². The van der Waals surface area contributed by atoms with Gasteiger partial charge in [0.1, 0.15) is 0 Å². The topological polar surface area (TPSA) is 21.1 Å². The average molecular weight is 342 g/mol. The zero-order chi connectivity index (χ0) is 17.3. The van der Waals surface area contributed by atoms with Crippen LogP contribution in [0.1, 0.15) is 38.8 Å². The first-order valence-corrected chi connectivity index (χ1v) is 8.91. The second-order valence-corrected chi connectivity index (χ2v) is 6.76. The van der Waals surface area contributed by atoms with E-state index in [9.17, 15) is 0 Å². The number of hydrogen-bond donors (Lipinski definition) is 0. The minimum absolute atomic E-state index is 0.739. The van der Waals surface area contributed by atoms with Gasteiger partial charge in [0.25, 0.3) is 0 Å². The maximum absolute atomic E-state index is 6.02. The van der Waals surface area contributed by atoms with E-state index in [0.29, 0.717) is 0 Å². The Morgan fingerprint density at radius 3 is 2.50 bits per heavy atom. The maximum Gasteiger partial charge on any atom is 0.215 e. The molecule has 3 rings (SSSR count). The number of rotatable bonds is 5. The summed E-state index contributed by atoms with van der Waals surface area (Å²) in [4.78, 5) is 7.26. The van der Waals surface area contributed by atoms with E-state index < -0.39 is 0 Å². The van der Waals surface area contributed by atoms with E-state index in [4.69, 9.17) is 16.6 Å². The molecular weight excluding hydrogens is 318 g/mol. The van der Waals surface area contributed by atoms with Gasteiger partial charge in [-0.25, -0.2) is 4.98 Å². The monoisotopic (exact) mass is 341 g/mol. The summed E-state index contributed by atoms with van der Waals surface area (Å²) in [6.45, 7) is 11.7. The standard InChI is InChI=1S/C20H24ClN3/c1-5-6-7-12-23-14(2)13-15(3)24-16(4)19(22-20(23)24)17-8-10-18(21)11-9-17/h8-11,13H,3,5-7,12H2,1-2,4H3. The first-order chi connectivity index (χ1) is 11.5. The first-order valence-electron chi connectivity index (χ1n) is 8.53. The van der Waals surface area contributed by atoms with E-state index in [1.165, 1.54) is 18.5 Å². The van der Waals surface area contributed by atoms with Crippen molar-refractivity contribution in [3.63, 3.8) is 0 Å². The smallest absolute Gasteiger partial charge is 0.215 e. The van der Waals surface area contributed by atoms with Gasteiger partial charge < -0.3 is 4.90 Å². The molecule has 126 valence electrons. The van der Waals surface area contributed by atoms with Gasteiger partial charge in [0, 0.05) is 34.2 Å². The quantitative estimate of drug-likeness (QED) is 0.631. The highest BCUT2D eigenvalue weighted by Crippen LogP contribution is 2.35. The van der Waals surface area contributed by atoms with Crippen LogP contribution in [-0.4, -0.2) is 16.1 Å². The van der Waals surface area contributed by atoms with Crippen molar-refractivity contribution in [2.75, 3.05) is 11.4 Å². The van der Waals surface area contributed by atoms with E-state index in [1.54, 1.807) is 0 Å². The summed E-state index contributed by atoms with van der Waals surface area (Å²) in [6, 6.07) is 7.86. The van der Waals surface area contributed by atoms with Crippen molar-refractivity contribution in [3.8, 4) is 11.3 Å².